The number of nitrogens with one attached hydrogen (secondary N) is 3. The summed E-state index contributed by atoms with van der Waals surface area (Å²) in [6.45, 7) is 0.414. The first-order chi connectivity index (χ1) is 14.1. The molecule has 4 N–H and O–H groups in total. The summed E-state index contributed by atoms with van der Waals surface area (Å²) in [6, 6.07) is 9.04. The van der Waals surface area contributed by atoms with Crippen LogP contribution < -0.4 is 16.1 Å². The van der Waals surface area contributed by atoms with Crippen LogP contribution in [0.3, 0.4) is 0 Å². The maximum Gasteiger partial charge on any atom is 0.243 e. The van der Waals surface area contributed by atoms with Crippen LogP contribution in [0, 0.1) is 5.92 Å². The van der Waals surface area contributed by atoms with Crippen molar-refractivity contribution in [3.05, 3.63) is 35.9 Å². The number of hydrogen-bond donors (Lipinski definition) is 4. The summed E-state index contributed by atoms with van der Waals surface area (Å²) in [5.74, 6) is 0.442. The summed E-state index contributed by atoms with van der Waals surface area (Å²) in [5, 5.41) is 14.4. The second-order valence-electron chi connectivity index (χ2n) is 7.31. The highest BCUT2D eigenvalue weighted by atomic mass is 32.2. The van der Waals surface area contributed by atoms with Crippen molar-refractivity contribution in [3.8, 4) is 0 Å². The molecular weight excluding hydrogens is 390 g/mol. The molecule has 0 unspecified atom stereocenters. The molecule has 1 aromatic carbocycles. The van der Waals surface area contributed by atoms with Crippen molar-refractivity contribution in [2.75, 3.05) is 11.5 Å². The molecule has 1 fully saturated rings. The number of amides is 3. The highest BCUT2D eigenvalue weighted by molar-refractivity contribution is 7.99. The van der Waals surface area contributed by atoms with Gasteiger partial charge in [-0.3, -0.25) is 19.6 Å². The molecule has 0 saturated heterocycles. The number of hydrogen-bond acceptors (Lipinski definition) is 5. The molecule has 160 valence electrons. The quantitative estimate of drug-likeness (QED) is 0.249. The van der Waals surface area contributed by atoms with Crippen molar-refractivity contribution in [3.63, 3.8) is 0 Å². The van der Waals surface area contributed by atoms with Crippen LogP contribution in [-0.4, -0.2) is 40.5 Å². The monoisotopic (exact) mass is 421 g/mol. The predicted octanol–water partition coefficient (Wildman–Crippen LogP) is 2.39. The smallest absolute Gasteiger partial charge is 0.243 e. The van der Waals surface area contributed by atoms with E-state index in [0.29, 0.717) is 24.5 Å². The van der Waals surface area contributed by atoms with Gasteiger partial charge in [-0.15, -0.1) is 0 Å². The lowest BCUT2D eigenvalue weighted by Gasteiger charge is -2.24. The van der Waals surface area contributed by atoms with Crippen LogP contribution in [-0.2, 0) is 20.9 Å². The third kappa shape index (κ3) is 8.87. The van der Waals surface area contributed by atoms with Crippen LogP contribution in [0.15, 0.2) is 30.3 Å². The molecule has 7 nitrogen and oxygen atoms in total. The van der Waals surface area contributed by atoms with E-state index in [0.717, 1.165) is 31.2 Å². The normalized spacial score (nSPS) is 15.3. The van der Waals surface area contributed by atoms with Gasteiger partial charge in [-0.1, -0.05) is 49.6 Å². The summed E-state index contributed by atoms with van der Waals surface area (Å²) >= 11 is 1.52. The first-order valence-corrected chi connectivity index (χ1v) is 11.4. The summed E-state index contributed by atoms with van der Waals surface area (Å²) in [6.07, 6.45) is 5.87. The lowest BCUT2D eigenvalue weighted by molar-refractivity contribution is -0.131. The van der Waals surface area contributed by atoms with Crippen molar-refractivity contribution < 1.29 is 19.6 Å². The molecule has 8 heteroatoms. The van der Waals surface area contributed by atoms with Gasteiger partial charge >= 0.3 is 0 Å². The van der Waals surface area contributed by atoms with E-state index >= 15 is 0 Å². The summed E-state index contributed by atoms with van der Waals surface area (Å²) in [7, 11) is 0. The van der Waals surface area contributed by atoms with Gasteiger partial charge in [0.2, 0.25) is 17.7 Å². The van der Waals surface area contributed by atoms with Crippen molar-refractivity contribution in [1.29, 1.82) is 0 Å². The Balaban J connectivity index is 1.85. The third-order valence-corrected chi connectivity index (χ3v) is 6.17. The van der Waals surface area contributed by atoms with Gasteiger partial charge in [-0.05, 0) is 30.6 Å². The molecule has 0 heterocycles. The van der Waals surface area contributed by atoms with E-state index in [1.165, 1.54) is 18.2 Å². The lowest BCUT2D eigenvalue weighted by atomic mass is 9.88. The number of carbonyl (C=O) groups is 3. The first-order valence-electron chi connectivity index (χ1n) is 10.2. The molecule has 2 rings (SSSR count). The third-order valence-electron chi connectivity index (χ3n) is 5.02. The molecule has 1 atom stereocenters. The van der Waals surface area contributed by atoms with Gasteiger partial charge < -0.3 is 10.6 Å². The fourth-order valence-corrected chi connectivity index (χ4v) is 4.32. The van der Waals surface area contributed by atoms with Gasteiger partial charge in [0.15, 0.2) is 0 Å². The summed E-state index contributed by atoms with van der Waals surface area (Å²) in [5.41, 5.74) is 2.61. The second-order valence-corrected chi connectivity index (χ2v) is 8.46. The molecule has 3 amide bonds. The molecule has 0 bridgehead atoms. The van der Waals surface area contributed by atoms with E-state index in [1.807, 2.05) is 30.3 Å². The highest BCUT2D eigenvalue weighted by Gasteiger charge is 2.26. The van der Waals surface area contributed by atoms with Crippen LogP contribution >= 0.6 is 11.8 Å². The number of benzene rings is 1. The van der Waals surface area contributed by atoms with Gasteiger partial charge in [0, 0.05) is 24.6 Å². The standard InChI is InChI=1S/C21H31N3O4S/c25-19(24-28)12-7-13-29-15-18(23-20(26)17-10-5-2-6-11-17)21(27)22-14-16-8-3-1-4-9-16/h1,3-4,8-9,17-18,28H,2,5-7,10-15H2,(H,22,27)(H,23,26)(H,24,25)/t18-/m0/s1. The molecule has 1 saturated carbocycles. The van der Waals surface area contributed by atoms with Gasteiger partial charge in [-0.2, -0.15) is 11.8 Å². The van der Waals surface area contributed by atoms with E-state index in [-0.39, 0.29) is 24.2 Å². The lowest BCUT2D eigenvalue weighted by Crippen LogP contribution is -2.50. The Labute approximate surface area is 176 Å². The van der Waals surface area contributed by atoms with Crippen LogP contribution in [0.5, 0.6) is 0 Å². The first kappa shape index (κ1) is 23.2. The number of thioether (sulfide) groups is 1. The largest absolute Gasteiger partial charge is 0.350 e. The van der Waals surface area contributed by atoms with E-state index in [4.69, 9.17) is 5.21 Å². The average molecular weight is 422 g/mol. The minimum Gasteiger partial charge on any atom is -0.350 e. The molecule has 1 aliphatic rings. The second kappa shape index (κ2) is 13.2. The van der Waals surface area contributed by atoms with Crippen molar-refractivity contribution >= 4 is 29.5 Å². The zero-order valence-electron chi connectivity index (χ0n) is 16.7. The molecule has 0 aliphatic heterocycles. The van der Waals surface area contributed by atoms with Crippen molar-refractivity contribution in [2.24, 2.45) is 5.92 Å². The Morgan fingerprint density at radius 1 is 1.10 bits per heavy atom. The minimum atomic E-state index is -0.607. The zero-order valence-corrected chi connectivity index (χ0v) is 17.5. The molecule has 0 radical (unpaired) electrons. The van der Waals surface area contributed by atoms with Gasteiger partial charge in [0.1, 0.15) is 6.04 Å². The number of carbonyl (C=O) groups excluding carboxylic acids is 3. The Morgan fingerprint density at radius 3 is 2.52 bits per heavy atom. The van der Waals surface area contributed by atoms with Crippen LogP contribution in [0.2, 0.25) is 0 Å². The molecule has 0 spiro atoms. The van der Waals surface area contributed by atoms with Crippen LogP contribution in [0.25, 0.3) is 0 Å². The van der Waals surface area contributed by atoms with Gasteiger partial charge in [0.25, 0.3) is 0 Å². The van der Waals surface area contributed by atoms with Crippen molar-refractivity contribution in [2.45, 2.75) is 57.5 Å². The Morgan fingerprint density at radius 2 is 1.83 bits per heavy atom. The number of rotatable bonds is 11. The maximum atomic E-state index is 12.7. The fraction of sp³-hybridized carbons (Fsp3) is 0.571. The SMILES string of the molecule is O=C(CCCSC[C@H](NC(=O)C1CCCCC1)C(=O)NCc1ccccc1)NO. The van der Waals surface area contributed by atoms with Gasteiger partial charge in [0.05, 0.1) is 0 Å². The molecule has 1 aliphatic carbocycles. The highest BCUT2D eigenvalue weighted by Crippen LogP contribution is 2.24. The van der Waals surface area contributed by atoms with E-state index in [2.05, 4.69) is 10.6 Å². The average Bonchev–Trinajstić information content (AvgIpc) is 2.77. The fourth-order valence-electron chi connectivity index (χ4n) is 3.34. The predicted molar refractivity (Wildman–Crippen MR) is 113 cm³/mol. The van der Waals surface area contributed by atoms with Crippen LogP contribution in [0.1, 0.15) is 50.5 Å². The maximum absolute atomic E-state index is 12.7. The van der Waals surface area contributed by atoms with E-state index < -0.39 is 11.9 Å². The zero-order chi connectivity index (χ0) is 20.9. The number of hydroxylamine groups is 1. The Bertz CT molecular complexity index is 651. The van der Waals surface area contributed by atoms with E-state index in [1.54, 1.807) is 5.48 Å². The minimum absolute atomic E-state index is 0.00794. The summed E-state index contributed by atoms with van der Waals surface area (Å²) in [4.78, 5) is 36.4. The summed E-state index contributed by atoms with van der Waals surface area (Å²) < 4.78 is 0. The van der Waals surface area contributed by atoms with Gasteiger partial charge in [-0.25, -0.2) is 5.48 Å². The Hall–Kier alpha value is -2.06. The molecule has 29 heavy (non-hydrogen) atoms. The van der Waals surface area contributed by atoms with Crippen LogP contribution in [0.4, 0.5) is 0 Å². The molecule has 0 aromatic heterocycles. The topological polar surface area (TPSA) is 108 Å². The molecular formula is C21H31N3O4S. The van der Waals surface area contributed by atoms with Crippen molar-refractivity contribution in [1.82, 2.24) is 16.1 Å². The Kier molecular flexibility index (Phi) is 10.6. The van der Waals surface area contributed by atoms with E-state index in [9.17, 15) is 14.4 Å². The molecule has 1 aromatic rings.